The molecular formula is C9H19NO. The van der Waals surface area contributed by atoms with Crippen molar-refractivity contribution in [3.63, 3.8) is 0 Å². The van der Waals surface area contributed by atoms with Crippen LogP contribution < -0.4 is 5.32 Å². The van der Waals surface area contributed by atoms with Gasteiger partial charge in [-0.2, -0.15) is 0 Å². The minimum Gasteiger partial charge on any atom is -0.356 e. The molecule has 0 bridgehead atoms. The van der Waals surface area contributed by atoms with Crippen LogP contribution in [0.2, 0.25) is 0 Å². The van der Waals surface area contributed by atoms with Gasteiger partial charge >= 0.3 is 0 Å². The fraction of sp³-hybridized carbons (Fsp3) is 0.889. The number of hydrogen-bond acceptors (Lipinski definition) is 1. The smallest absolute Gasteiger partial charge is 0.207 e. The lowest BCUT2D eigenvalue weighted by atomic mass is 9.94. The number of rotatable bonds is 6. The first kappa shape index (κ1) is 10.5. The first-order valence-electron chi connectivity index (χ1n) is 4.45. The Kier molecular flexibility index (Phi) is 5.90. The third-order valence-electron chi connectivity index (χ3n) is 2.22. The van der Waals surface area contributed by atoms with E-state index in [2.05, 4.69) is 26.1 Å². The van der Waals surface area contributed by atoms with Gasteiger partial charge in [0.1, 0.15) is 0 Å². The van der Waals surface area contributed by atoms with E-state index in [1.54, 1.807) is 0 Å². The van der Waals surface area contributed by atoms with Crippen LogP contribution in [0.5, 0.6) is 0 Å². The van der Waals surface area contributed by atoms with Crippen molar-refractivity contribution in [1.82, 2.24) is 5.32 Å². The summed E-state index contributed by atoms with van der Waals surface area (Å²) < 4.78 is 0. The minimum absolute atomic E-state index is 0.331. The molecule has 0 saturated carbocycles. The molecule has 2 heteroatoms. The lowest BCUT2D eigenvalue weighted by Crippen LogP contribution is -2.32. The Morgan fingerprint density at radius 3 is 2.45 bits per heavy atom. The first-order valence-corrected chi connectivity index (χ1v) is 4.45. The Bertz CT molecular complexity index is 104. The molecule has 2 nitrogen and oxygen atoms in total. The summed E-state index contributed by atoms with van der Waals surface area (Å²) in [6.07, 6.45) is 4.35. The van der Waals surface area contributed by atoms with E-state index in [1.807, 2.05) is 0 Å². The number of amides is 1. The van der Waals surface area contributed by atoms with Gasteiger partial charge in [0, 0.05) is 6.04 Å². The Morgan fingerprint density at radius 2 is 2.09 bits per heavy atom. The van der Waals surface area contributed by atoms with Gasteiger partial charge in [-0.1, -0.05) is 26.7 Å². The Labute approximate surface area is 69.4 Å². The van der Waals surface area contributed by atoms with Gasteiger partial charge in [0.15, 0.2) is 0 Å². The maximum atomic E-state index is 10.1. The van der Waals surface area contributed by atoms with Crippen LogP contribution in [0.3, 0.4) is 0 Å². The predicted molar refractivity (Wildman–Crippen MR) is 47.4 cm³/mol. The van der Waals surface area contributed by atoms with Crippen molar-refractivity contribution in [2.24, 2.45) is 5.92 Å². The summed E-state index contributed by atoms with van der Waals surface area (Å²) in [5, 5.41) is 2.80. The fourth-order valence-electron chi connectivity index (χ4n) is 1.42. The number of hydrogen-bond donors (Lipinski definition) is 1. The molecule has 0 radical (unpaired) electrons. The SMILES string of the molecule is CCCC(CC)[C@@H](C)NC=O. The molecule has 1 amide bonds. The van der Waals surface area contributed by atoms with Crippen molar-refractivity contribution in [2.45, 2.75) is 46.1 Å². The predicted octanol–water partition coefficient (Wildman–Crippen LogP) is 1.95. The van der Waals surface area contributed by atoms with Gasteiger partial charge in [-0.05, 0) is 19.3 Å². The monoisotopic (exact) mass is 157 g/mol. The summed E-state index contributed by atoms with van der Waals surface area (Å²) in [4.78, 5) is 10.1. The molecule has 11 heavy (non-hydrogen) atoms. The van der Waals surface area contributed by atoms with E-state index in [1.165, 1.54) is 12.8 Å². The summed E-state index contributed by atoms with van der Waals surface area (Å²) in [6.45, 7) is 6.41. The number of nitrogens with one attached hydrogen (secondary N) is 1. The van der Waals surface area contributed by atoms with Crippen LogP contribution in [0.4, 0.5) is 0 Å². The van der Waals surface area contributed by atoms with E-state index in [0.29, 0.717) is 12.0 Å². The molecule has 0 spiro atoms. The summed E-state index contributed by atoms with van der Waals surface area (Å²) in [5.41, 5.74) is 0. The zero-order valence-corrected chi connectivity index (χ0v) is 7.76. The second-order valence-electron chi connectivity index (χ2n) is 3.03. The zero-order valence-electron chi connectivity index (χ0n) is 7.76. The normalized spacial score (nSPS) is 15.5. The third-order valence-corrected chi connectivity index (χ3v) is 2.22. The molecule has 0 aromatic rings. The second-order valence-corrected chi connectivity index (χ2v) is 3.03. The molecule has 66 valence electrons. The van der Waals surface area contributed by atoms with Crippen molar-refractivity contribution < 1.29 is 4.79 Å². The molecule has 0 aliphatic heterocycles. The third kappa shape index (κ3) is 4.02. The van der Waals surface area contributed by atoms with Crippen LogP contribution in [-0.4, -0.2) is 12.5 Å². The molecule has 2 atom stereocenters. The maximum Gasteiger partial charge on any atom is 0.207 e. The van der Waals surface area contributed by atoms with Crippen LogP contribution in [-0.2, 0) is 4.79 Å². The zero-order chi connectivity index (χ0) is 8.69. The average Bonchev–Trinajstić information content (AvgIpc) is 2.00. The van der Waals surface area contributed by atoms with Gasteiger partial charge in [-0.15, -0.1) is 0 Å². The van der Waals surface area contributed by atoms with Gasteiger partial charge in [-0.25, -0.2) is 0 Å². The van der Waals surface area contributed by atoms with E-state index in [4.69, 9.17) is 0 Å². The molecule has 0 fully saturated rings. The largest absolute Gasteiger partial charge is 0.356 e. The summed E-state index contributed by atoms with van der Waals surface area (Å²) in [7, 11) is 0. The van der Waals surface area contributed by atoms with Gasteiger partial charge in [-0.3, -0.25) is 4.79 Å². The van der Waals surface area contributed by atoms with E-state index in [0.717, 1.165) is 12.8 Å². The molecule has 0 rings (SSSR count). The van der Waals surface area contributed by atoms with Gasteiger partial charge in [0.25, 0.3) is 0 Å². The second kappa shape index (κ2) is 6.20. The molecule has 0 heterocycles. The first-order chi connectivity index (χ1) is 5.26. The van der Waals surface area contributed by atoms with E-state index < -0.39 is 0 Å². The quantitative estimate of drug-likeness (QED) is 0.587. The number of carbonyl (C=O) groups excluding carboxylic acids is 1. The van der Waals surface area contributed by atoms with Crippen molar-refractivity contribution in [3.8, 4) is 0 Å². The van der Waals surface area contributed by atoms with Crippen LogP contribution in [0, 0.1) is 5.92 Å². The Hall–Kier alpha value is -0.530. The van der Waals surface area contributed by atoms with Crippen molar-refractivity contribution in [1.29, 1.82) is 0 Å². The van der Waals surface area contributed by atoms with E-state index in [9.17, 15) is 4.79 Å². The minimum atomic E-state index is 0.331. The fourth-order valence-corrected chi connectivity index (χ4v) is 1.42. The molecule has 0 saturated heterocycles. The highest BCUT2D eigenvalue weighted by molar-refractivity contribution is 5.46. The molecule has 0 aromatic carbocycles. The van der Waals surface area contributed by atoms with Crippen molar-refractivity contribution >= 4 is 6.41 Å². The average molecular weight is 157 g/mol. The molecule has 1 N–H and O–H groups in total. The molecule has 0 aliphatic carbocycles. The highest BCUT2D eigenvalue weighted by atomic mass is 16.1. The summed E-state index contributed by atoms with van der Waals surface area (Å²) in [6, 6.07) is 0.331. The van der Waals surface area contributed by atoms with Crippen LogP contribution in [0.15, 0.2) is 0 Å². The molecule has 0 aliphatic rings. The number of carbonyl (C=O) groups is 1. The summed E-state index contributed by atoms with van der Waals surface area (Å²) >= 11 is 0. The molecule has 0 aromatic heterocycles. The van der Waals surface area contributed by atoms with Crippen LogP contribution in [0.1, 0.15) is 40.0 Å². The van der Waals surface area contributed by atoms with E-state index in [-0.39, 0.29) is 0 Å². The standard InChI is InChI=1S/C9H19NO/c1-4-6-9(5-2)8(3)10-7-11/h7-9H,4-6H2,1-3H3,(H,10,11)/t8-,9?/m1/s1. The van der Waals surface area contributed by atoms with Crippen molar-refractivity contribution in [2.75, 3.05) is 0 Å². The Balaban J connectivity index is 3.70. The lowest BCUT2D eigenvalue weighted by molar-refractivity contribution is -0.110. The maximum absolute atomic E-state index is 10.1. The topological polar surface area (TPSA) is 29.1 Å². The lowest BCUT2D eigenvalue weighted by Gasteiger charge is -2.20. The van der Waals surface area contributed by atoms with Crippen molar-refractivity contribution in [3.05, 3.63) is 0 Å². The van der Waals surface area contributed by atoms with Gasteiger partial charge in [0.05, 0.1) is 0 Å². The summed E-state index contributed by atoms with van der Waals surface area (Å²) in [5.74, 6) is 0.644. The van der Waals surface area contributed by atoms with Gasteiger partial charge < -0.3 is 5.32 Å². The highest BCUT2D eigenvalue weighted by Crippen LogP contribution is 2.14. The Morgan fingerprint density at radius 1 is 1.45 bits per heavy atom. The van der Waals surface area contributed by atoms with Crippen LogP contribution >= 0.6 is 0 Å². The van der Waals surface area contributed by atoms with E-state index >= 15 is 0 Å². The van der Waals surface area contributed by atoms with Crippen LogP contribution in [0.25, 0.3) is 0 Å². The highest BCUT2D eigenvalue weighted by Gasteiger charge is 2.12. The molecule has 1 unspecified atom stereocenters. The molecular weight excluding hydrogens is 138 g/mol. The van der Waals surface area contributed by atoms with Gasteiger partial charge in [0.2, 0.25) is 6.41 Å².